The number of hydrogen-bond acceptors (Lipinski definition) is 4. The lowest BCUT2D eigenvalue weighted by molar-refractivity contribution is -0.127. The van der Waals surface area contributed by atoms with E-state index in [9.17, 15) is 4.79 Å². The number of ether oxygens (including phenoxy) is 1. The zero-order valence-corrected chi connectivity index (χ0v) is 14.5. The van der Waals surface area contributed by atoms with Gasteiger partial charge >= 0.3 is 0 Å². The summed E-state index contributed by atoms with van der Waals surface area (Å²) in [4.78, 5) is 20.8. The maximum atomic E-state index is 12.4. The topological polar surface area (TPSA) is 45.7 Å². The van der Waals surface area contributed by atoms with Gasteiger partial charge in [0.1, 0.15) is 5.75 Å². The molecule has 0 atom stereocenters. The van der Waals surface area contributed by atoms with Crippen molar-refractivity contribution in [1.29, 1.82) is 0 Å². The summed E-state index contributed by atoms with van der Waals surface area (Å²) in [5.41, 5.74) is 2.12. The number of benzene rings is 1. The van der Waals surface area contributed by atoms with E-state index in [0.29, 0.717) is 0 Å². The van der Waals surface area contributed by atoms with Gasteiger partial charge in [-0.1, -0.05) is 24.3 Å². The van der Waals surface area contributed by atoms with Crippen LogP contribution in [0.2, 0.25) is 0 Å². The maximum Gasteiger partial charge on any atom is 0.246 e. The minimum Gasteiger partial charge on any atom is -0.496 e. The van der Waals surface area contributed by atoms with Gasteiger partial charge in [-0.15, -0.1) is 0 Å². The van der Waals surface area contributed by atoms with Gasteiger partial charge in [-0.05, 0) is 23.8 Å². The number of nitrogens with zero attached hydrogens (tertiary/aromatic N) is 3. The number of piperazine rings is 1. The van der Waals surface area contributed by atoms with Crippen LogP contribution >= 0.6 is 0 Å². The summed E-state index contributed by atoms with van der Waals surface area (Å²) in [6, 6.07) is 11.7. The monoisotopic (exact) mass is 337 g/mol. The van der Waals surface area contributed by atoms with E-state index < -0.39 is 0 Å². The molecule has 2 heterocycles. The summed E-state index contributed by atoms with van der Waals surface area (Å²) in [5, 5.41) is 0. The Morgan fingerprint density at radius 3 is 2.68 bits per heavy atom. The number of amides is 1. The standard InChI is InChI=1S/C20H23N3O2/c1-25-19-7-3-2-6-18(19)8-9-20(24)23-13-11-22(12-14-23)16-17-5-4-10-21-15-17/h2-10,15H,11-14,16H2,1H3/b9-8+. The molecule has 3 rings (SSSR count). The van der Waals surface area contributed by atoms with Crippen LogP contribution in [-0.2, 0) is 11.3 Å². The van der Waals surface area contributed by atoms with E-state index in [1.807, 2.05) is 47.5 Å². The molecule has 1 aromatic heterocycles. The van der Waals surface area contributed by atoms with Crippen LogP contribution in [0.1, 0.15) is 11.1 Å². The van der Waals surface area contributed by atoms with E-state index in [4.69, 9.17) is 4.74 Å². The molecule has 25 heavy (non-hydrogen) atoms. The van der Waals surface area contributed by atoms with E-state index in [0.717, 1.165) is 44.0 Å². The van der Waals surface area contributed by atoms with Crippen LogP contribution in [-0.4, -0.2) is 54.0 Å². The quantitative estimate of drug-likeness (QED) is 0.786. The first-order valence-electron chi connectivity index (χ1n) is 8.47. The highest BCUT2D eigenvalue weighted by atomic mass is 16.5. The number of carbonyl (C=O) groups is 1. The highest BCUT2D eigenvalue weighted by molar-refractivity contribution is 5.92. The first kappa shape index (κ1) is 17.2. The normalized spacial score (nSPS) is 15.5. The zero-order valence-electron chi connectivity index (χ0n) is 14.5. The van der Waals surface area contributed by atoms with Crippen LogP contribution in [0.3, 0.4) is 0 Å². The maximum absolute atomic E-state index is 12.4. The molecule has 1 aliphatic rings. The van der Waals surface area contributed by atoms with E-state index in [1.54, 1.807) is 19.4 Å². The van der Waals surface area contributed by atoms with Crippen molar-refractivity contribution in [3.8, 4) is 5.75 Å². The molecule has 130 valence electrons. The minimum atomic E-state index is 0.0481. The summed E-state index contributed by atoms with van der Waals surface area (Å²) in [7, 11) is 1.63. The molecule has 1 saturated heterocycles. The number of hydrogen-bond donors (Lipinski definition) is 0. The minimum absolute atomic E-state index is 0.0481. The third-order valence-corrected chi connectivity index (χ3v) is 4.36. The summed E-state index contributed by atoms with van der Waals surface area (Å²) in [6.07, 6.45) is 7.14. The van der Waals surface area contributed by atoms with E-state index in [1.165, 1.54) is 5.56 Å². The fraction of sp³-hybridized carbons (Fsp3) is 0.300. The zero-order chi connectivity index (χ0) is 17.5. The molecule has 0 bridgehead atoms. The second-order valence-corrected chi connectivity index (χ2v) is 6.04. The second-order valence-electron chi connectivity index (χ2n) is 6.04. The van der Waals surface area contributed by atoms with Crippen molar-refractivity contribution in [2.75, 3.05) is 33.3 Å². The molecule has 1 fully saturated rings. The molecule has 5 heteroatoms. The molecular weight excluding hydrogens is 314 g/mol. The Kier molecular flexibility index (Phi) is 5.80. The molecule has 0 spiro atoms. The third kappa shape index (κ3) is 4.67. The van der Waals surface area contributed by atoms with Gasteiger partial charge in [0.2, 0.25) is 5.91 Å². The van der Waals surface area contributed by atoms with Crippen LogP contribution < -0.4 is 4.74 Å². The summed E-state index contributed by atoms with van der Waals surface area (Å²) in [6.45, 7) is 4.13. The fourth-order valence-electron chi connectivity index (χ4n) is 2.95. The van der Waals surface area contributed by atoms with Crippen LogP contribution in [0.15, 0.2) is 54.9 Å². The van der Waals surface area contributed by atoms with Crippen molar-refractivity contribution < 1.29 is 9.53 Å². The summed E-state index contributed by atoms with van der Waals surface area (Å²) >= 11 is 0. The Morgan fingerprint density at radius 1 is 1.16 bits per heavy atom. The van der Waals surface area contributed by atoms with Gasteiger partial charge in [0.15, 0.2) is 0 Å². The predicted molar refractivity (Wildman–Crippen MR) is 98.1 cm³/mol. The van der Waals surface area contributed by atoms with Gasteiger partial charge in [0.05, 0.1) is 7.11 Å². The van der Waals surface area contributed by atoms with Crippen molar-refractivity contribution in [3.63, 3.8) is 0 Å². The number of rotatable bonds is 5. The number of pyridine rings is 1. The van der Waals surface area contributed by atoms with Gasteiger partial charge in [-0.3, -0.25) is 14.7 Å². The summed E-state index contributed by atoms with van der Waals surface area (Å²) in [5.74, 6) is 0.819. The van der Waals surface area contributed by atoms with Crippen LogP contribution in [0, 0.1) is 0 Å². The highest BCUT2D eigenvalue weighted by Crippen LogP contribution is 2.19. The SMILES string of the molecule is COc1ccccc1/C=C/C(=O)N1CCN(Cc2cccnc2)CC1. The molecule has 0 aliphatic carbocycles. The van der Waals surface area contributed by atoms with Crippen molar-refractivity contribution >= 4 is 12.0 Å². The van der Waals surface area contributed by atoms with Crippen molar-refractivity contribution in [2.45, 2.75) is 6.54 Å². The predicted octanol–water partition coefficient (Wildman–Crippen LogP) is 2.45. The molecule has 0 saturated carbocycles. The lowest BCUT2D eigenvalue weighted by Gasteiger charge is -2.34. The van der Waals surface area contributed by atoms with Gasteiger partial charge < -0.3 is 9.64 Å². The average molecular weight is 337 g/mol. The van der Waals surface area contributed by atoms with Crippen molar-refractivity contribution in [2.24, 2.45) is 0 Å². The fourth-order valence-corrected chi connectivity index (χ4v) is 2.95. The molecule has 1 aliphatic heterocycles. The Labute approximate surface area is 148 Å². The highest BCUT2D eigenvalue weighted by Gasteiger charge is 2.19. The molecule has 0 N–H and O–H groups in total. The van der Waals surface area contributed by atoms with Gasteiger partial charge in [-0.2, -0.15) is 0 Å². The Morgan fingerprint density at radius 2 is 1.96 bits per heavy atom. The first-order chi connectivity index (χ1) is 12.3. The summed E-state index contributed by atoms with van der Waals surface area (Å²) < 4.78 is 5.31. The van der Waals surface area contributed by atoms with Crippen molar-refractivity contribution in [3.05, 3.63) is 66.0 Å². The molecule has 0 unspecified atom stereocenters. The lowest BCUT2D eigenvalue weighted by Crippen LogP contribution is -2.47. The van der Waals surface area contributed by atoms with Gasteiger partial charge in [-0.25, -0.2) is 0 Å². The molecule has 2 aromatic rings. The van der Waals surface area contributed by atoms with Crippen LogP contribution in [0.25, 0.3) is 6.08 Å². The number of methoxy groups -OCH3 is 1. The first-order valence-corrected chi connectivity index (χ1v) is 8.47. The van der Waals surface area contributed by atoms with Gasteiger partial charge in [0, 0.05) is 56.8 Å². The second kappa shape index (κ2) is 8.44. The Hall–Kier alpha value is -2.66. The molecule has 1 aromatic carbocycles. The largest absolute Gasteiger partial charge is 0.496 e. The number of para-hydroxylation sites is 1. The average Bonchev–Trinajstić information content (AvgIpc) is 2.67. The molecule has 0 radical (unpaired) electrons. The van der Waals surface area contributed by atoms with Crippen LogP contribution in [0.5, 0.6) is 5.75 Å². The van der Waals surface area contributed by atoms with E-state index >= 15 is 0 Å². The van der Waals surface area contributed by atoms with Crippen molar-refractivity contribution in [1.82, 2.24) is 14.8 Å². The van der Waals surface area contributed by atoms with E-state index in [2.05, 4.69) is 16.0 Å². The van der Waals surface area contributed by atoms with E-state index in [-0.39, 0.29) is 5.91 Å². The number of aromatic nitrogens is 1. The molecule has 1 amide bonds. The smallest absolute Gasteiger partial charge is 0.246 e. The van der Waals surface area contributed by atoms with Gasteiger partial charge in [0.25, 0.3) is 0 Å². The van der Waals surface area contributed by atoms with Crippen LogP contribution in [0.4, 0.5) is 0 Å². The lowest BCUT2D eigenvalue weighted by atomic mass is 10.2. The molecular formula is C20H23N3O2. The Balaban J connectivity index is 1.52. The third-order valence-electron chi connectivity index (χ3n) is 4.36. The Bertz CT molecular complexity index is 723. The number of carbonyl (C=O) groups excluding carboxylic acids is 1. The molecule has 5 nitrogen and oxygen atoms in total.